The number of aliphatic hydroxyl groups is 2. The van der Waals surface area contributed by atoms with Crippen molar-refractivity contribution in [2.24, 2.45) is 0 Å². The third kappa shape index (κ3) is 3.24. The van der Waals surface area contributed by atoms with Crippen molar-refractivity contribution in [1.82, 2.24) is 0 Å². The predicted molar refractivity (Wildman–Crippen MR) is 65.3 cm³/mol. The van der Waals surface area contributed by atoms with Crippen LogP contribution < -0.4 is 0 Å². The number of carbonyl (C=O) groups excluding carboxylic acids is 3. The topological polar surface area (TPSA) is 157 Å². The van der Waals surface area contributed by atoms with Gasteiger partial charge in [-0.25, -0.2) is 4.79 Å². The van der Waals surface area contributed by atoms with Crippen molar-refractivity contribution in [2.45, 2.75) is 51.0 Å². The maximum atomic E-state index is 11.7. The van der Waals surface area contributed by atoms with Crippen LogP contribution >= 0.6 is 0 Å². The maximum Gasteiger partial charge on any atom is 0.337 e. The van der Waals surface area contributed by atoms with E-state index in [1.807, 2.05) is 0 Å². The zero-order valence-corrected chi connectivity index (χ0v) is 12.0. The van der Waals surface area contributed by atoms with Crippen molar-refractivity contribution >= 4 is 23.7 Å². The number of carboxylic acid groups (broad SMARTS) is 1. The molecule has 0 amide bonds. The molecule has 22 heavy (non-hydrogen) atoms. The number of aliphatic hydroxyl groups excluding tert-OH is 1. The number of hydrogen-bond acceptors (Lipinski definition) is 9. The van der Waals surface area contributed by atoms with Gasteiger partial charge in [-0.2, -0.15) is 0 Å². The number of hydrogen-bond donors (Lipinski definition) is 3. The standard InChI is InChI=1S/C12H16O10/c1-4(13)12(19)9(21-6(3)15)7(20-5(2)14)8(10(16)17)22-11(12)18/h7-9,11,18-19H,1-3H3,(H,16,17)/t7-,8+,9+,11?,12-/m1/s1. The highest BCUT2D eigenvalue weighted by molar-refractivity contribution is 5.87. The average Bonchev–Trinajstić information content (AvgIpc) is 2.36. The van der Waals surface area contributed by atoms with E-state index in [0.29, 0.717) is 0 Å². The second-order valence-electron chi connectivity index (χ2n) is 4.73. The Morgan fingerprint density at radius 2 is 1.55 bits per heavy atom. The van der Waals surface area contributed by atoms with Gasteiger partial charge in [-0.3, -0.25) is 14.4 Å². The monoisotopic (exact) mass is 320 g/mol. The summed E-state index contributed by atoms with van der Waals surface area (Å²) in [6, 6.07) is 0. The van der Waals surface area contributed by atoms with Gasteiger partial charge in [0.15, 0.2) is 30.4 Å². The van der Waals surface area contributed by atoms with E-state index in [1.165, 1.54) is 0 Å². The van der Waals surface area contributed by atoms with Gasteiger partial charge in [0.25, 0.3) is 0 Å². The molecular formula is C12H16O10. The Morgan fingerprint density at radius 1 is 1.05 bits per heavy atom. The van der Waals surface area contributed by atoms with Crippen LogP contribution in [0.25, 0.3) is 0 Å². The summed E-state index contributed by atoms with van der Waals surface area (Å²) in [5.41, 5.74) is -2.78. The highest BCUT2D eigenvalue weighted by Gasteiger charge is 2.63. The van der Waals surface area contributed by atoms with Crippen molar-refractivity contribution in [3.63, 3.8) is 0 Å². The molecule has 1 aliphatic heterocycles. The minimum Gasteiger partial charge on any atom is -0.479 e. The van der Waals surface area contributed by atoms with E-state index in [1.54, 1.807) is 0 Å². The van der Waals surface area contributed by atoms with Gasteiger partial charge in [0.1, 0.15) is 0 Å². The lowest BCUT2D eigenvalue weighted by molar-refractivity contribution is -0.313. The fourth-order valence-electron chi connectivity index (χ4n) is 2.09. The first-order chi connectivity index (χ1) is 10.0. The Hall–Kier alpha value is -2.04. The van der Waals surface area contributed by atoms with E-state index in [9.17, 15) is 29.4 Å². The van der Waals surface area contributed by atoms with E-state index >= 15 is 0 Å². The largest absolute Gasteiger partial charge is 0.479 e. The number of Topliss-reactive ketones (excluding diaryl/α,β-unsaturated/α-hetero) is 1. The zero-order valence-electron chi connectivity index (χ0n) is 12.0. The van der Waals surface area contributed by atoms with Crippen molar-refractivity contribution in [3.05, 3.63) is 0 Å². The molecule has 1 heterocycles. The molecule has 1 rings (SSSR count). The number of rotatable bonds is 4. The van der Waals surface area contributed by atoms with Gasteiger partial charge in [-0.15, -0.1) is 0 Å². The normalized spacial score (nSPS) is 34.6. The number of ketones is 1. The van der Waals surface area contributed by atoms with Gasteiger partial charge < -0.3 is 29.5 Å². The number of carboxylic acids is 1. The SMILES string of the molecule is CC(=O)O[C@@H]1[C@@H](C(=O)O)OC(O)[C@@](O)(C(C)=O)[C@H]1OC(C)=O. The van der Waals surface area contributed by atoms with E-state index in [-0.39, 0.29) is 0 Å². The summed E-state index contributed by atoms with van der Waals surface area (Å²) in [6.45, 7) is 2.75. The lowest BCUT2D eigenvalue weighted by atomic mass is 9.83. The molecule has 3 N–H and O–H groups in total. The van der Waals surface area contributed by atoms with Crippen LogP contribution in [0.1, 0.15) is 20.8 Å². The number of carbonyl (C=O) groups is 4. The van der Waals surface area contributed by atoms with E-state index < -0.39 is 53.9 Å². The van der Waals surface area contributed by atoms with Crippen LogP contribution in [0.3, 0.4) is 0 Å². The lowest BCUT2D eigenvalue weighted by Gasteiger charge is -2.45. The van der Waals surface area contributed by atoms with Crippen molar-refractivity contribution in [2.75, 3.05) is 0 Å². The van der Waals surface area contributed by atoms with Crippen LogP contribution in [0.15, 0.2) is 0 Å². The van der Waals surface area contributed by atoms with E-state index in [4.69, 9.17) is 14.6 Å². The fourth-order valence-corrected chi connectivity index (χ4v) is 2.09. The third-order valence-electron chi connectivity index (χ3n) is 3.08. The molecule has 124 valence electrons. The van der Waals surface area contributed by atoms with Gasteiger partial charge in [0.05, 0.1) is 0 Å². The smallest absolute Gasteiger partial charge is 0.337 e. The lowest BCUT2D eigenvalue weighted by Crippen LogP contribution is -2.71. The maximum absolute atomic E-state index is 11.7. The minimum absolute atomic E-state index is 0.870. The molecule has 5 atom stereocenters. The van der Waals surface area contributed by atoms with Crippen molar-refractivity contribution in [3.8, 4) is 0 Å². The Kier molecular flexibility index (Phi) is 5.22. The third-order valence-corrected chi connectivity index (χ3v) is 3.08. The Morgan fingerprint density at radius 3 is 1.91 bits per heavy atom. The second kappa shape index (κ2) is 6.38. The molecule has 1 unspecified atom stereocenters. The first kappa shape index (κ1) is 18.0. The van der Waals surface area contributed by atoms with Crippen LogP contribution in [0, 0.1) is 0 Å². The number of aliphatic carboxylic acids is 1. The molecule has 1 aliphatic rings. The molecule has 0 aromatic carbocycles. The first-order valence-electron chi connectivity index (χ1n) is 6.16. The quantitative estimate of drug-likeness (QED) is 0.493. The van der Waals surface area contributed by atoms with Gasteiger partial charge in [-0.05, 0) is 6.92 Å². The highest BCUT2D eigenvalue weighted by Crippen LogP contribution is 2.34. The molecule has 0 saturated carbocycles. The minimum atomic E-state index is -2.78. The van der Waals surface area contributed by atoms with Gasteiger partial charge in [-0.1, -0.05) is 0 Å². The van der Waals surface area contributed by atoms with E-state index in [2.05, 4.69) is 4.74 Å². The molecule has 0 aromatic heterocycles. The molecule has 10 heteroatoms. The van der Waals surface area contributed by atoms with Crippen LogP contribution in [0.5, 0.6) is 0 Å². The summed E-state index contributed by atoms with van der Waals surface area (Å²) >= 11 is 0. The van der Waals surface area contributed by atoms with Gasteiger partial charge >= 0.3 is 17.9 Å². The summed E-state index contributed by atoms with van der Waals surface area (Å²) in [5, 5.41) is 29.2. The van der Waals surface area contributed by atoms with E-state index in [0.717, 1.165) is 20.8 Å². The molecule has 0 bridgehead atoms. The van der Waals surface area contributed by atoms with Crippen molar-refractivity contribution < 1.29 is 48.7 Å². The second-order valence-corrected chi connectivity index (χ2v) is 4.73. The Bertz CT molecular complexity index is 500. The van der Waals surface area contributed by atoms with Crippen LogP contribution in [-0.2, 0) is 33.4 Å². The fraction of sp³-hybridized carbons (Fsp3) is 0.667. The molecule has 0 radical (unpaired) electrons. The van der Waals surface area contributed by atoms with Gasteiger partial charge in [0.2, 0.25) is 5.60 Å². The van der Waals surface area contributed by atoms with Crippen LogP contribution in [0.4, 0.5) is 0 Å². The van der Waals surface area contributed by atoms with Crippen LogP contribution in [-0.4, -0.2) is 69.2 Å². The molecule has 0 aliphatic carbocycles. The zero-order chi connectivity index (χ0) is 17.2. The summed E-state index contributed by atoms with van der Waals surface area (Å²) in [7, 11) is 0. The molecule has 10 nitrogen and oxygen atoms in total. The summed E-state index contributed by atoms with van der Waals surface area (Å²) < 4.78 is 14.1. The first-order valence-corrected chi connectivity index (χ1v) is 6.16. The number of esters is 2. The molecule has 0 spiro atoms. The van der Waals surface area contributed by atoms with Gasteiger partial charge in [0, 0.05) is 13.8 Å². The molecular weight excluding hydrogens is 304 g/mol. The predicted octanol–water partition coefficient (Wildman–Crippen LogP) is -2.03. The molecule has 0 aromatic rings. The highest BCUT2D eigenvalue weighted by atomic mass is 16.7. The molecule has 1 saturated heterocycles. The molecule has 1 fully saturated rings. The van der Waals surface area contributed by atoms with Crippen molar-refractivity contribution in [1.29, 1.82) is 0 Å². The summed E-state index contributed by atoms with van der Waals surface area (Å²) in [4.78, 5) is 45.1. The van der Waals surface area contributed by atoms with Crippen LogP contribution in [0.2, 0.25) is 0 Å². The summed E-state index contributed by atoms with van der Waals surface area (Å²) in [5.74, 6) is -4.65. The number of ether oxygens (including phenoxy) is 3. The Balaban J connectivity index is 3.38. The summed E-state index contributed by atoms with van der Waals surface area (Å²) in [6.07, 6.45) is -8.00. The average molecular weight is 320 g/mol. The Labute approximate surface area is 124 Å².